The summed E-state index contributed by atoms with van der Waals surface area (Å²) in [4.78, 5) is 24.3. The summed E-state index contributed by atoms with van der Waals surface area (Å²) in [7, 11) is 1.61. The van der Waals surface area contributed by atoms with Crippen LogP contribution in [0.4, 0.5) is 0 Å². The molecule has 6 nitrogen and oxygen atoms in total. The van der Waals surface area contributed by atoms with E-state index in [2.05, 4.69) is 15.7 Å². The lowest BCUT2D eigenvalue weighted by molar-refractivity contribution is -0.121. The highest BCUT2D eigenvalue weighted by molar-refractivity contribution is 5.88. The number of halogens is 1. The summed E-state index contributed by atoms with van der Waals surface area (Å²) in [5.74, 6) is -0.0509. The molecule has 0 aliphatic carbocycles. The van der Waals surface area contributed by atoms with E-state index in [0.717, 1.165) is 31.3 Å². The minimum Gasteiger partial charge on any atom is -0.352 e. The van der Waals surface area contributed by atoms with Gasteiger partial charge in [0.15, 0.2) is 0 Å². The zero-order chi connectivity index (χ0) is 15.5. The SMILES string of the molecule is Cl.Cn1nc(CC(=O)N[C@H]2CCCNC2)c2ccccc2c1=O. The van der Waals surface area contributed by atoms with Gasteiger partial charge in [-0.2, -0.15) is 5.10 Å². The predicted octanol–water partition coefficient (Wildman–Crippen LogP) is 0.766. The van der Waals surface area contributed by atoms with Gasteiger partial charge in [0, 0.05) is 25.0 Å². The van der Waals surface area contributed by atoms with Gasteiger partial charge in [-0.3, -0.25) is 9.59 Å². The number of aryl methyl sites for hydroxylation is 1. The minimum atomic E-state index is -0.142. The van der Waals surface area contributed by atoms with Gasteiger partial charge in [0.2, 0.25) is 5.91 Å². The fraction of sp³-hybridized carbons (Fsp3) is 0.438. The molecular formula is C16H21ClN4O2. The van der Waals surface area contributed by atoms with Crippen molar-refractivity contribution in [3.8, 4) is 0 Å². The van der Waals surface area contributed by atoms with Crippen molar-refractivity contribution in [2.75, 3.05) is 13.1 Å². The maximum absolute atomic E-state index is 12.3. The van der Waals surface area contributed by atoms with Crippen LogP contribution in [0.15, 0.2) is 29.1 Å². The summed E-state index contributed by atoms with van der Waals surface area (Å²) in [6, 6.07) is 7.47. The third-order valence-corrected chi connectivity index (χ3v) is 4.02. The third-order valence-electron chi connectivity index (χ3n) is 4.02. The van der Waals surface area contributed by atoms with Gasteiger partial charge in [-0.05, 0) is 25.5 Å². The molecule has 0 saturated carbocycles. The lowest BCUT2D eigenvalue weighted by Crippen LogP contribution is -2.46. The smallest absolute Gasteiger partial charge is 0.274 e. The fourth-order valence-corrected chi connectivity index (χ4v) is 2.91. The first-order valence-electron chi connectivity index (χ1n) is 7.60. The molecule has 0 unspecified atom stereocenters. The van der Waals surface area contributed by atoms with Crippen LogP contribution in [0.25, 0.3) is 10.8 Å². The van der Waals surface area contributed by atoms with Crippen molar-refractivity contribution >= 4 is 29.1 Å². The van der Waals surface area contributed by atoms with Crippen LogP contribution in [0, 0.1) is 0 Å². The molecule has 1 aromatic carbocycles. The van der Waals surface area contributed by atoms with Gasteiger partial charge in [0.25, 0.3) is 5.56 Å². The Hall–Kier alpha value is -1.92. The normalized spacial score (nSPS) is 17.5. The summed E-state index contributed by atoms with van der Waals surface area (Å²) in [6.07, 6.45) is 2.26. The third kappa shape index (κ3) is 3.89. The first-order chi connectivity index (χ1) is 10.6. The van der Waals surface area contributed by atoms with Crippen LogP contribution in [0.3, 0.4) is 0 Å². The van der Waals surface area contributed by atoms with Crippen molar-refractivity contribution in [3.05, 3.63) is 40.3 Å². The molecule has 2 heterocycles. The number of nitrogens with zero attached hydrogens (tertiary/aromatic N) is 2. The van der Waals surface area contributed by atoms with Gasteiger partial charge in [-0.15, -0.1) is 12.4 Å². The number of rotatable bonds is 3. The van der Waals surface area contributed by atoms with E-state index >= 15 is 0 Å². The number of nitrogens with one attached hydrogen (secondary N) is 2. The Morgan fingerprint density at radius 1 is 1.39 bits per heavy atom. The van der Waals surface area contributed by atoms with Gasteiger partial charge >= 0.3 is 0 Å². The molecule has 0 spiro atoms. The molecule has 23 heavy (non-hydrogen) atoms. The van der Waals surface area contributed by atoms with Crippen molar-refractivity contribution in [2.45, 2.75) is 25.3 Å². The average molecular weight is 337 g/mol. The van der Waals surface area contributed by atoms with E-state index in [1.54, 1.807) is 13.1 Å². The summed E-state index contributed by atoms with van der Waals surface area (Å²) >= 11 is 0. The van der Waals surface area contributed by atoms with Crippen LogP contribution in [0.5, 0.6) is 0 Å². The Bertz CT molecular complexity index is 753. The van der Waals surface area contributed by atoms with E-state index in [-0.39, 0.29) is 36.3 Å². The van der Waals surface area contributed by atoms with E-state index < -0.39 is 0 Å². The van der Waals surface area contributed by atoms with Crippen molar-refractivity contribution in [1.29, 1.82) is 0 Å². The molecule has 1 atom stereocenters. The number of fused-ring (bicyclic) bond motifs is 1. The molecule has 3 rings (SSSR count). The van der Waals surface area contributed by atoms with Gasteiger partial charge in [-0.25, -0.2) is 4.68 Å². The van der Waals surface area contributed by atoms with Gasteiger partial charge in [0.05, 0.1) is 17.5 Å². The number of carbonyl (C=O) groups is 1. The number of carbonyl (C=O) groups excluding carboxylic acids is 1. The van der Waals surface area contributed by atoms with E-state index in [1.165, 1.54) is 4.68 Å². The van der Waals surface area contributed by atoms with Crippen LogP contribution in [0.1, 0.15) is 18.5 Å². The van der Waals surface area contributed by atoms with Crippen LogP contribution < -0.4 is 16.2 Å². The first-order valence-corrected chi connectivity index (χ1v) is 7.60. The van der Waals surface area contributed by atoms with E-state index in [4.69, 9.17) is 0 Å². The van der Waals surface area contributed by atoms with Crippen molar-refractivity contribution < 1.29 is 4.79 Å². The number of benzene rings is 1. The van der Waals surface area contributed by atoms with Crippen molar-refractivity contribution in [3.63, 3.8) is 0 Å². The molecule has 0 radical (unpaired) electrons. The number of piperidine rings is 1. The quantitative estimate of drug-likeness (QED) is 0.868. The van der Waals surface area contributed by atoms with Crippen LogP contribution in [0.2, 0.25) is 0 Å². The number of hydrogen-bond donors (Lipinski definition) is 2. The summed E-state index contributed by atoms with van der Waals surface area (Å²) in [5.41, 5.74) is 0.496. The summed E-state index contributed by atoms with van der Waals surface area (Å²) in [5, 5.41) is 11.9. The van der Waals surface area contributed by atoms with E-state index in [1.807, 2.05) is 18.2 Å². The number of hydrogen-bond acceptors (Lipinski definition) is 4. The Kier molecular flexibility index (Phi) is 5.74. The first kappa shape index (κ1) is 17.4. The Morgan fingerprint density at radius 2 is 2.13 bits per heavy atom. The summed E-state index contributed by atoms with van der Waals surface area (Å²) < 4.78 is 1.30. The number of aromatic nitrogens is 2. The highest BCUT2D eigenvalue weighted by Gasteiger charge is 2.17. The molecule has 1 aliphatic rings. The maximum Gasteiger partial charge on any atom is 0.274 e. The number of amides is 1. The Labute approximate surface area is 140 Å². The predicted molar refractivity (Wildman–Crippen MR) is 92.0 cm³/mol. The second-order valence-corrected chi connectivity index (χ2v) is 5.71. The highest BCUT2D eigenvalue weighted by atomic mass is 35.5. The zero-order valence-electron chi connectivity index (χ0n) is 13.0. The molecule has 1 aliphatic heterocycles. The lowest BCUT2D eigenvalue weighted by Gasteiger charge is -2.23. The largest absolute Gasteiger partial charge is 0.352 e. The zero-order valence-corrected chi connectivity index (χ0v) is 13.9. The van der Waals surface area contributed by atoms with Gasteiger partial charge < -0.3 is 10.6 Å². The van der Waals surface area contributed by atoms with Crippen LogP contribution >= 0.6 is 12.4 Å². The standard InChI is InChI=1S/C16H20N4O2.ClH/c1-20-16(22)13-7-3-2-6-12(13)14(19-20)9-15(21)18-11-5-4-8-17-10-11;/h2-3,6-7,11,17H,4-5,8-10H2,1H3,(H,18,21);1H/t11-;/m0./s1. The monoisotopic (exact) mass is 336 g/mol. The highest BCUT2D eigenvalue weighted by Crippen LogP contribution is 2.13. The molecule has 1 fully saturated rings. The molecule has 0 bridgehead atoms. The van der Waals surface area contributed by atoms with Crippen LogP contribution in [-0.4, -0.2) is 34.8 Å². The van der Waals surface area contributed by atoms with Crippen LogP contribution in [-0.2, 0) is 18.3 Å². The summed E-state index contributed by atoms with van der Waals surface area (Å²) in [6.45, 7) is 1.83. The topological polar surface area (TPSA) is 76.0 Å². The molecule has 1 saturated heterocycles. The molecule has 1 amide bonds. The second kappa shape index (κ2) is 7.57. The molecule has 2 N–H and O–H groups in total. The molecule has 1 aromatic heterocycles. The van der Waals surface area contributed by atoms with E-state index in [0.29, 0.717) is 11.1 Å². The van der Waals surface area contributed by atoms with Gasteiger partial charge in [0.1, 0.15) is 0 Å². The molecular weight excluding hydrogens is 316 g/mol. The maximum atomic E-state index is 12.3. The lowest BCUT2D eigenvalue weighted by atomic mass is 10.1. The van der Waals surface area contributed by atoms with Gasteiger partial charge in [-0.1, -0.05) is 18.2 Å². The fourth-order valence-electron chi connectivity index (χ4n) is 2.91. The second-order valence-electron chi connectivity index (χ2n) is 5.71. The molecule has 2 aromatic rings. The van der Waals surface area contributed by atoms with Crippen molar-refractivity contribution in [1.82, 2.24) is 20.4 Å². The Morgan fingerprint density at radius 3 is 2.83 bits per heavy atom. The molecule has 124 valence electrons. The average Bonchev–Trinajstić information content (AvgIpc) is 2.53. The Balaban J connectivity index is 0.00000192. The minimum absolute atomic E-state index is 0. The van der Waals surface area contributed by atoms with E-state index in [9.17, 15) is 9.59 Å². The molecule has 7 heteroatoms. The van der Waals surface area contributed by atoms with Crippen molar-refractivity contribution in [2.24, 2.45) is 7.05 Å².